The second-order valence-corrected chi connectivity index (χ2v) is 4.86. The van der Waals surface area contributed by atoms with E-state index in [1.807, 2.05) is 0 Å². The molecular weight excluding hydrogens is 346 g/mol. The van der Waals surface area contributed by atoms with Crippen molar-refractivity contribution < 1.29 is 45.8 Å². The number of alkyl halides is 6. The van der Waals surface area contributed by atoms with E-state index in [-0.39, 0.29) is 11.3 Å². The fraction of sp³-hybridized carbons (Fsp3) is 0.429. The van der Waals surface area contributed by atoms with E-state index in [0.717, 1.165) is 6.07 Å². The smallest absolute Gasteiger partial charge is 0.413 e. The number of carbonyl (C=O) groups is 2. The molecule has 0 bridgehead atoms. The molecule has 0 aliphatic rings. The summed E-state index contributed by atoms with van der Waals surface area (Å²) in [6.45, 7) is 0. The lowest BCUT2D eigenvalue weighted by Crippen LogP contribution is -2.55. The Labute approximate surface area is 132 Å². The van der Waals surface area contributed by atoms with Gasteiger partial charge in [-0.3, -0.25) is 9.59 Å². The lowest BCUT2D eigenvalue weighted by Gasteiger charge is -2.33. The van der Waals surface area contributed by atoms with Gasteiger partial charge in [-0.15, -0.1) is 0 Å². The Morgan fingerprint density at radius 2 is 1.62 bits per heavy atom. The van der Waals surface area contributed by atoms with Crippen LogP contribution in [0.25, 0.3) is 0 Å². The molecule has 1 aromatic carbocycles. The monoisotopic (exact) mass is 358 g/mol. The molecular formula is C14H12F6O4. The van der Waals surface area contributed by atoms with Crippen LogP contribution in [0.15, 0.2) is 24.3 Å². The van der Waals surface area contributed by atoms with E-state index in [0.29, 0.717) is 0 Å². The number of carbonyl (C=O) groups excluding carboxylic acids is 1. The zero-order chi connectivity index (χ0) is 18.8. The van der Waals surface area contributed by atoms with E-state index in [1.165, 1.54) is 25.3 Å². The van der Waals surface area contributed by atoms with Crippen LogP contribution >= 0.6 is 0 Å². The lowest BCUT2D eigenvalue weighted by molar-refractivity contribution is -0.332. The molecule has 134 valence electrons. The van der Waals surface area contributed by atoms with Crippen LogP contribution in [0.4, 0.5) is 26.3 Å². The van der Waals surface area contributed by atoms with Crippen LogP contribution in [0.1, 0.15) is 23.2 Å². The Balaban J connectivity index is 3.13. The van der Waals surface area contributed by atoms with Crippen molar-refractivity contribution in [2.75, 3.05) is 7.11 Å². The van der Waals surface area contributed by atoms with Gasteiger partial charge < -0.3 is 9.84 Å². The Kier molecular flexibility index (Phi) is 5.52. The van der Waals surface area contributed by atoms with Crippen molar-refractivity contribution in [1.29, 1.82) is 0 Å². The molecule has 0 amide bonds. The van der Waals surface area contributed by atoms with Gasteiger partial charge in [0.1, 0.15) is 5.75 Å². The highest BCUT2D eigenvalue weighted by atomic mass is 19.4. The third-order valence-corrected chi connectivity index (χ3v) is 3.45. The van der Waals surface area contributed by atoms with Crippen molar-refractivity contribution in [3.05, 3.63) is 29.8 Å². The average molecular weight is 358 g/mol. The molecule has 0 fully saturated rings. The van der Waals surface area contributed by atoms with Gasteiger partial charge in [-0.25, -0.2) is 0 Å². The van der Waals surface area contributed by atoms with Gasteiger partial charge in [-0.05, 0) is 18.6 Å². The number of ketones is 1. The third-order valence-electron chi connectivity index (χ3n) is 3.45. The maximum atomic E-state index is 12.9. The number of Topliss-reactive ketones (excluding diaryl/α,β-unsaturated/α-hetero) is 1. The molecule has 0 aromatic heterocycles. The fourth-order valence-corrected chi connectivity index (χ4v) is 2.04. The van der Waals surface area contributed by atoms with E-state index in [1.54, 1.807) is 0 Å². The zero-order valence-corrected chi connectivity index (χ0v) is 12.2. The summed E-state index contributed by atoms with van der Waals surface area (Å²) in [5.41, 5.74) is -5.19. The standard InChI is InChI=1S/C14H12F6O4/c1-24-9-4-2-3-8(7-9)10(21)5-6-12(11(22)23,13(15,16)17)14(18,19)20/h2-4,7H,5-6H2,1H3,(H,22,23). The van der Waals surface area contributed by atoms with Crippen LogP contribution in [-0.4, -0.2) is 36.3 Å². The van der Waals surface area contributed by atoms with Crippen LogP contribution in [0, 0.1) is 5.41 Å². The SMILES string of the molecule is COc1cccc(C(=O)CCC(C(=O)O)(C(F)(F)F)C(F)(F)F)c1. The number of hydrogen-bond acceptors (Lipinski definition) is 3. The number of aliphatic carboxylic acids is 1. The molecule has 0 unspecified atom stereocenters. The highest BCUT2D eigenvalue weighted by Gasteiger charge is 2.75. The molecule has 0 spiro atoms. The largest absolute Gasteiger partial charge is 0.497 e. The molecule has 1 N–H and O–H groups in total. The summed E-state index contributed by atoms with van der Waals surface area (Å²) < 4.78 is 82.0. The van der Waals surface area contributed by atoms with Crippen molar-refractivity contribution in [1.82, 2.24) is 0 Å². The van der Waals surface area contributed by atoms with Gasteiger partial charge >= 0.3 is 18.3 Å². The molecule has 0 heterocycles. The van der Waals surface area contributed by atoms with E-state index >= 15 is 0 Å². The van der Waals surface area contributed by atoms with Gasteiger partial charge in [-0.1, -0.05) is 12.1 Å². The first-order valence-corrected chi connectivity index (χ1v) is 6.41. The average Bonchev–Trinajstić information content (AvgIpc) is 2.44. The van der Waals surface area contributed by atoms with Crippen molar-refractivity contribution in [2.24, 2.45) is 5.41 Å². The summed E-state index contributed by atoms with van der Waals surface area (Å²) >= 11 is 0. The number of ether oxygens (including phenoxy) is 1. The first-order valence-electron chi connectivity index (χ1n) is 6.41. The van der Waals surface area contributed by atoms with E-state index in [2.05, 4.69) is 0 Å². The van der Waals surface area contributed by atoms with Crippen molar-refractivity contribution in [2.45, 2.75) is 25.2 Å². The van der Waals surface area contributed by atoms with Crippen LogP contribution in [0.5, 0.6) is 5.75 Å². The molecule has 1 rings (SSSR count). The molecule has 0 saturated carbocycles. The minimum Gasteiger partial charge on any atom is -0.497 e. The first kappa shape index (κ1) is 19.8. The summed E-state index contributed by atoms with van der Waals surface area (Å²) in [6.07, 6.45) is -15.4. The predicted molar refractivity (Wildman–Crippen MR) is 68.7 cm³/mol. The Bertz CT molecular complexity index is 606. The zero-order valence-electron chi connectivity index (χ0n) is 12.2. The molecule has 0 atom stereocenters. The minimum atomic E-state index is -6.11. The molecule has 0 aliphatic heterocycles. The van der Waals surface area contributed by atoms with Gasteiger partial charge in [0, 0.05) is 12.0 Å². The highest BCUT2D eigenvalue weighted by Crippen LogP contribution is 2.53. The van der Waals surface area contributed by atoms with Gasteiger partial charge in [0.15, 0.2) is 5.78 Å². The summed E-state index contributed by atoms with van der Waals surface area (Å²) in [6, 6.07) is 5.05. The summed E-state index contributed by atoms with van der Waals surface area (Å²) in [5, 5.41) is 8.59. The first-order chi connectivity index (χ1) is 10.9. The number of carboxylic acid groups (broad SMARTS) is 1. The Morgan fingerprint density at radius 1 is 1.08 bits per heavy atom. The van der Waals surface area contributed by atoms with Crippen LogP contribution in [-0.2, 0) is 4.79 Å². The van der Waals surface area contributed by atoms with Gasteiger partial charge in [0.2, 0.25) is 0 Å². The molecule has 1 aromatic rings. The summed E-state index contributed by atoms with van der Waals surface area (Å²) in [4.78, 5) is 22.6. The van der Waals surface area contributed by atoms with Gasteiger partial charge in [0.05, 0.1) is 7.11 Å². The van der Waals surface area contributed by atoms with Crippen LogP contribution in [0.3, 0.4) is 0 Å². The molecule has 0 saturated heterocycles. The van der Waals surface area contributed by atoms with E-state index < -0.39 is 42.4 Å². The number of methoxy groups -OCH3 is 1. The minimum absolute atomic E-state index is 0.178. The van der Waals surface area contributed by atoms with Crippen LogP contribution in [0.2, 0.25) is 0 Å². The highest BCUT2D eigenvalue weighted by molar-refractivity contribution is 5.96. The Morgan fingerprint density at radius 3 is 2.04 bits per heavy atom. The number of benzene rings is 1. The maximum absolute atomic E-state index is 12.9. The normalized spacial score (nSPS) is 12.8. The fourth-order valence-electron chi connectivity index (χ4n) is 2.04. The summed E-state index contributed by atoms with van der Waals surface area (Å²) in [5.74, 6) is -3.98. The molecule has 24 heavy (non-hydrogen) atoms. The van der Waals surface area contributed by atoms with E-state index in [4.69, 9.17) is 9.84 Å². The van der Waals surface area contributed by atoms with Gasteiger partial charge in [0.25, 0.3) is 5.41 Å². The predicted octanol–water partition coefficient (Wildman–Crippen LogP) is 3.85. The third kappa shape index (κ3) is 3.62. The molecule has 0 aliphatic carbocycles. The molecule has 10 heteroatoms. The molecule has 0 radical (unpaired) electrons. The number of halogens is 6. The number of carboxylic acids is 1. The summed E-state index contributed by atoms with van der Waals surface area (Å²) in [7, 11) is 1.26. The topological polar surface area (TPSA) is 63.6 Å². The lowest BCUT2D eigenvalue weighted by atomic mass is 9.80. The number of hydrogen-bond donors (Lipinski definition) is 1. The van der Waals surface area contributed by atoms with Crippen molar-refractivity contribution >= 4 is 11.8 Å². The molecule has 4 nitrogen and oxygen atoms in total. The quantitative estimate of drug-likeness (QED) is 0.620. The van der Waals surface area contributed by atoms with Crippen molar-refractivity contribution in [3.8, 4) is 5.75 Å². The van der Waals surface area contributed by atoms with Crippen LogP contribution < -0.4 is 4.74 Å². The second-order valence-electron chi connectivity index (χ2n) is 4.86. The van der Waals surface area contributed by atoms with Gasteiger partial charge in [-0.2, -0.15) is 26.3 Å². The number of rotatable bonds is 6. The van der Waals surface area contributed by atoms with E-state index in [9.17, 15) is 35.9 Å². The Hall–Kier alpha value is -2.26. The maximum Gasteiger partial charge on any atom is 0.413 e. The second kappa shape index (κ2) is 6.70. The van der Waals surface area contributed by atoms with Crippen molar-refractivity contribution in [3.63, 3.8) is 0 Å².